The molecule has 0 radical (unpaired) electrons. The van der Waals surface area contributed by atoms with Crippen LogP contribution in [0.5, 0.6) is 0 Å². The molecular formula is C18H26N4O2. The quantitative estimate of drug-likeness (QED) is 0.916. The van der Waals surface area contributed by atoms with Crippen LogP contribution in [0.1, 0.15) is 6.92 Å². The Labute approximate surface area is 143 Å². The summed E-state index contributed by atoms with van der Waals surface area (Å²) < 4.78 is 7.31. The minimum atomic E-state index is -0.0135. The van der Waals surface area contributed by atoms with Gasteiger partial charge in [0.05, 0.1) is 17.8 Å². The van der Waals surface area contributed by atoms with E-state index in [0.29, 0.717) is 6.61 Å². The second kappa shape index (κ2) is 7.68. The van der Waals surface area contributed by atoms with Gasteiger partial charge in [-0.05, 0) is 12.6 Å². The predicted octanol–water partition coefficient (Wildman–Crippen LogP) is 2.46. The first-order valence-corrected chi connectivity index (χ1v) is 8.58. The molecule has 1 aliphatic heterocycles. The molecule has 2 heterocycles. The van der Waals surface area contributed by atoms with Gasteiger partial charge in [-0.3, -0.25) is 0 Å². The number of nitrogens with zero attached hydrogens (tertiary/aromatic N) is 3. The SMILES string of the molecule is CCN1CCN(C(=O)Nc2cn(CCOC)c3ccccc23)CC1. The summed E-state index contributed by atoms with van der Waals surface area (Å²) in [5.41, 5.74) is 1.98. The Kier molecular flexibility index (Phi) is 5.37. The average Bonchev–Trinajstić information content (AvgIpc) is 2.98. The van der Waals surface area contributed by atoms with E-state index in [1.807, 2.05) is 29.3 Å². The fraction of sp³-hybridized carbons (Fsp3) is 0.500. The average molecular weight is 330 g/mol. The third-order valence-corrected chi connectivity index (χ3v) is 4.67. The van der Waals surface area contributed by atoms with Gasteiger partial charge in [-0.25, -0.2) is 4.79 Å². The highest BCUT2D eigenvalue weighted by Crippen LogP contribution is 2.26. The number of aromatic nitrogens is 1. The number of methoxy groups -OCH3 is 1. The van der Waals surface area contributed by atoms with Crippen LogP contribution in [0.3, 0.4) is 0 Å². The molecule has 1 aromatic carbocycles. The lowest BCUT2D eigenvalue weighted by atomic mass is 10.2. The van der Waals surface area contributed by atoms with Crippen molar-refractivity contribution < 1.29 is 9.53 Å². The van der Waals surface area contributed by atoms with Crippen LogP contribution in [-0.2, 0) is 11.3 Å². The molecule has 6 nitrogen and oxygen atoms in total. The van der Waals surface area contributed by atoms with Gasteiger partial charge in [0.15, 0.2) is 0 Å². The third-order valence-electron chi connectivity index (χ3n) is 4.67. The summed E-state index contributed by atoms with van der Waals surface area (Å²) in [6.07, 6.45) is 2.00. The van der Waals surface area contributed by atoms with E-state index in [0.717, 1.165) is 55.9 Å². The molecule has 2 amide bonds. The number of amides is 2. The molecular weight excluding hydrogens is 304 g/mol. The maximum atomic E-state index is 12.6. The van der Waals surface area contributed by atoms with E-state index in [2.05, 4.69) is 27.8 Å². The van der Waals surface area contributed by atoms with Gasteiger partial charge in [0.2, 0.25) is 0 Å². The van der Waals surface area contributed by atoms with Gasteiger partial charge in [0.1, 0.15) is 0 Å². The Bertz CT molecular complexity index is 689. The molecule has 0 atom stereocenters. The first-order chi connectivity index (χ1) is 11.7. The number of ether oxygens (including phenoxy) is 1. The van der Waals surface area contributed by atoms with Crippen LogP contribution in [0, 0.1) is 0 Å². The van der Waals surface area contributed by atoms with E-state index in [9.17, 15) is 4.79 Å². The van der Waals surface area contributed by atoms with Crippen molar-refractivity contribution in [1.82, 2.24) is 14.4 Å². The van der Waals surface area contributed by atoms with Gasteiger partial charge in [0, 0.05) is 51.4 Å². The molecule has 1 N–H and O–H groups in total. The number of urea groups is 1. The fourth-order valence-electron chi connectivity index (χ4n) is 3.18. The van der Waals surface area contributed by atoms with Crippen LogP contribution in [0.4, 0.5) is 10.5 Å². The van der Waals surface area contributed by atoms with Crippen molar-refractivity contribution in [2.45, 2.75) is 13.5 Å². The van der Waals surface area contributed by atoms with Crippen LogP contribution in [0.25, 0.3) is 10.9 Å². The molecule has 0 saturated carbocycles. The van der Waals surface area contributed by atoms with Crippen molar-refractivity contribution in [3.63, 3.8) is 0 Å². The first kappa shape index (κ1) is 16.8. The summed E-state index contributed by atoms with van der Waals surface area (Å²) >= 11 is 0. The predicted molar refractivity (Wildman–Crippen MR) is 96.5 cm³/mol. The Morgan fingerprint density at radius 1 is 1.21 bits per heavy atom. The molecule has 1 fully saturated rings. The normalized spacial score (nSPS) is 15.8. The van der Waals surface area contributed by atoms with Crippen molar-refractivity contribution in [2.75, 3.05) is 51.8 Å². The Balaban J connectivity index is 1.74. The molecule has 0 aliphatic carbocycles. The Morgan fingerprint density at radius 3 is 2.67 bits per heavy atom. The maximum Gasteiger partial charge on any atom is 0.321 e. The van der Waals surface area contributed by atoms with Gasteiger partial charge in [-0.1, -0.05) is 25.1 Å². The number of nitrogens with one attached hydrogen (secondary N) is 1. The third kappa shape index (κ3) is 3.55. The lowest BCUT2D eigenvalue weighted by molar-refractivity contribution is 0.151. The molecule has 6 heteroatoms. The number of para-hydroxylation sites is 1. The fourth-order valence-corrected chi connectivity index (χ4v) is 3.18. The second-order valence-corrected chi connectivity index (χ2v) is 6.10. The van der Waals surface area contributed by atoms with Crippen molar-refractivity contribution >= 4 is 22.6 Å². The number of likely N-dealkylation sites (N-methyl/N-ethyl adjacent to an activating group) is 1. The highest BCUT2D eigenvalue weighted by molar-refractivity contribution is 6.01. The van der Waals surface area contributed by atoms with Crippen molar-refractivity contribution in [3.8, 4) is 0 Å². The van der Waals surface area contributed by atoms with Gasteiger partial charge in [0.25, 0.3) is 0 Å². The topological polar surface area (TPSA) is 49.7 Å². The summed E-state index contributed by atoms with van der Waals surface area (Å²) in [5, 5.41) is 4.16. The summed E-state index contributed by atoms with van der Waals surface area (Å²) in [6, 6.07) is 8.12. The zero-order chi connectivity index (χ0) is 16.9. The minimum absolute atomic E-state index is 0.0135. The van der Waals surface area contributed by atoms with E-state index in [1.54, 1.807) is 7.11 Å². The molecule has 1 aromatic heterocycles. The molecule has 130 valence electrons. The van der Waals surface area contributed by atoms with Crippen LogP contribution >= 0.6 is 0 Å². The molecule has 0 bridgehead atoms. The number of carbonyl (C=O) groups excluding carboxylic acids is 1. The van der Waals surface area contributed by atoms with Gasteiger partial charge in [-0.15, -0.1) is 0 Å². The van der Waals surface area contributed by atoms with Crippen LogP contribution in [0.15, 0.2) is 30.5 Å². The zero-order valence-corrected chi connectivity index (χ0v) is 14.5. The van der Waals surface area contributed by atoms with Crippen LogP contribution in [-0.4, -0.2) is 66.8 Å². The monoisotopic (exact) mass is 330 g/mol. The van der Waals surface area contributed by atoms with E-state index in [1.165, 1.54) is 0 Å². The number of fused-ring (bicyclic) bond motifs is 1. The molecule has 2 aromatic rings. The van der Waals surface area contributed by atoms with Gasteiger partial charge in [-0.2, -0.15) is 0 Å². The van der Waals surface area contributed by atoms with E-state index < -0.39 is 0 Å². The number of hydrogen-bond donors (Lipinski definition) is 1. The molecule has 1 saturated heterocycles. The van der Waals surface area contributed by atoms with Crippen molar-refractivity contribution in [1.29, 1.82) is 0 Å². The number of rotatable bonds is 5. The van der Waals surface area contributed by atoms with E-state index in [-0.39, 0.29) is 6.03 Å². The van der Waals surface area contributed by atoms with Crippen LogP contribution in [0.2, 0.25) is 0 Å². The van der Waals surface area contributed by atoms with Crippen molar-refractivity contribution in [3.05, 3.63) is 30.5 Å². The van der Waals surface area contributed by atoms with Crippen molar-refractivity contribution in [2.24, 2.45) is 0 Å². The largest absolute Gasteiger partial charge is 0.383 e. The summed E-state index contributed by atoms with van der Waals surface area (Å²) in [7, 11) is 1.70. The van der Waals surface area contributed by atoms with E-state index >= 15 is 0 Å². The number of piperazine rings is 1. The van der Waals surface area contributed by atoms with Crippen LogP contribution < -0.4 is 5.32 Å². The first-order valence-electron chi connectivity index (χ1n) is 8.58. The molecule has 0 spiro atoms. The second-order valence-electron chi connectivity index (χ2n) is 6.10. The Morgan fingerprint density at radius 2 is 1.96 bits per heavy atom. The summed E-state index contributed by atoms with van der Waals surface area (Å²) in [4.78, 5) is 16.8. The lowest BCUT2D eigenvalue weighted by Gasteiger charge is -2.33. The molecule has 0 unspecified atom stereocenters. The highest BCUT2D eigenvalue weighted by Gasteiger charge is 2.21. The summed E-state index contributed by atoms with van der Waals surface area (Å²) in [6.45, 7) is 8.06. The molecule has 3 rings (SSSR count). The van der Waals surface area contributed by atoms with Gasteiger partial charge < -0.3 is 24.4 Å². The maximum absolute atomic E-state index is 12.6. The highest BCUT2D eigenvalue weighted by atomic mass is 16.5. The summed E-state index contributed by atoms with van der Waals surface area (Å²) in [5.74, 6) is 0. The van der Waals surface area contributed by atoms with E-state index in [4.69, 9.17) is 4.74 Å². The number of anilines is 1. The molecule has 1 aliphatic rings. The number of hydrogen-bond acceptors (Lipinski definition) is 3. The zero-order valence-electron chi connectivity index (χ0n) is 14.5. The standard InChI is InChI=1S/C18H26N4O2/c1-3-20-8-10-21(11-9-20)18(23)19-16-14-22(12-13-24-2)17-7-5-4-6-15(16)17/h4-7,14H,3,8-13H2,1-2H3,(H,19,23). The number of benzene rings is 1. The minimum Gasteiger partial charge on any atom is -0.383 e. The smallest absolute Gasteiger partial charge is 0.321 e. The molecule has 24 heavy (non-hydrogen) atoms. The number of carbonyl (C=O) groups is 1. The lowest BCUT2D eigenvalue weighted by Crippen LogP contribution is -2.49. The Hall–Kier alpha value is -2.05. The van der Waals surface area contributed by atoms with Gasteiger partial charge >= 0.3 is 6.03 Å².